The summed E-state index contributed by atoms with van der Waals surface area (Å²) in [4.78, 5) is 10.7. The molecule has 0 heterocycles. The molecule has 0 aliphatic rings. The van der Waals surface area contributed by atoms with Crippen molar-refractivity contribution in [3.05, 3.63) is 23.8 Å². The lowest BCUT2D eigenvalue weighted by atomic mass is 10.2. The van der Waals surface area contributed by atoms with Crippen LogP contribution in [0.1, 0.15) is 17.3 Å². The number of rotatable bonds is 6. The average molecular weight is 224 g/mol. The van der Waals surface area contributed by atoms with Crippen LogP contribution in [-0.2, 0) is 4.74 Å². The molecule has 1 aromatic rings. The van der Waals surface area contributed by atoms with Gasteiger partial charge in [0.05, 0.1) is 23.5 Å². The van der Waals surface area contributed by atoms with Gasteiger partial charge in [0.1, 0.15) is 0 Å². The van der Waals surface area contributed by atoms with E-state index in [0.717, 1.165) is 0 Å². The summed E-state index contributed by atoms with van der Waals surface area (Å²) in [7, 11) is 0. The second kappa shape index (κ2) is 5.97. The number of aromatic carboxylic acids is 1. The van der Waals surface area contributed by atoms with Crippen LogP contribution in [0.25, 0.3) is 0 Å². The summed E-state index contributed by atoms with van der Waals surface area (Å²) in [5.74, 6) is -0.965. The highest BCUT2D eigenvalue weighted by molar-refractivity contribution is 5.90. The molecule has 0 atom stereocenters. The highest BCUT2D eigenvalue weighted by Crippen LogP contribution is 2.19. The van der Waals surface area contributed by atoms with Crippen LogP contribution in [0, 0.1) is 0 Å². The first-order valence-corrected chi connectivity index (χ1v) is 5.09. The highest BCUT2D eigenvalue weighted by atomic mass is 16.5. The fraction of sp³-hybridized carbons (Fsp3) is 0.364. The minimum absolute atomic E-state index is 0.216. The van der Waals surface area contributed by atoms with Crippen LogP contribution in [0.15, 0.2) is 18.2 Å². The molecule has 0 saturated heterocycles. The SMILES string of the molecule is CCOCCNc1cc(C(=O)O)ccc1N. The van der Waals surface area contributed by atoms with Gasteiger partial charge in [0, 0.05) is 13.2 Å². The monoisotopic (exact) mass is 224 g/mol. The molecule has 5 nitrogen and oxygen atoms in total. The average Bonchev–Trinajstić information content (AvgIpc) is 2.26. The molecular weight excluding hydrogens is 208 g/mol. The smallest absolute Gasteiger partial charge is 0.335 e. The fourth-order valence-corrected chi connectivity index (χ4v) is 1.24. The van der Waals surface area contributed by atoms with Crippen LogP contribution >= 0.6 is 0 Å². The molecule has 1 rings (SSSR count). The number of carboxylic acids is 1. The molecule has 4 N–H and O–H groups in total. The standard InChI is InChI=1S/C11H16N2O3/c1-2-16-6-5-13-10-7-8(11(14)15)3-4-9(10)12/h3-4,7,13H,2,5-6,12H2,1H3,(H,14,15). The number of ether oxygens (including phenoxy) is 1. The first kappa shape index (κ1) is 12.3. The van der Waals surface area contributed by atoms with Gasteiger partial charge in [-0.25, -0.2) is 4.79 Å². The van der Waals surface area contributed by atoms with E-state index in [4.69, 9.17) is 15.6 Å². The van der Waals surface area contributed by atoms with Crippen LogP contribution in [0.5, 0.6) is 0 Å². The second-order valence-electron chi connectivity index (χ2n) is 3.23. The minimum atomic E-state index is -0.965. The molecule has 0 radical (unpaired) electrons. The van der Waals surface area contributed by atoms with Crippen molar-refractivity contribution in [3.63, 3.8) is 0 Å². The van der Waals surface area contributed by atoms with Gasteiger partial charge in [-0.2, -0.15) is 0 Å². The number of benzene rings is 1. The lowest BCUT2D eigenvalue weighted by Crippen LogP contribution is -2.11. The number of nitrogens with two attached hydrogens (primary N) is 1. The van der Waals surface area contributed by atoms with E-state index in [0.29, 0.717) is 31.1 Å². The van der Waals surface area contributed by atoms with Crippen molar-refractivity contribution < 1.29 is 14.6 Å². The lowest BCUT2D eigenvalue weighted by molar-refractivity contribution is 0.0697. The Morgan fingerprint density at radius 2 is 2.31 bits per heavy atom. The van der Waals surface area contributed by atoms with Gasteiger partial charge in [0.15, 0.2) is 0 Å². The molecule has 0 aliphatic carbocycles. The number of nitrogens with one attached hydrogen (secondary N) is 1. The third-order valence-electron chi connectivity index (χ3n) is 2.07. The van der Waals surface area contributed by atoms with Gasteiger partial charge in [-0.3, -0.25) is 0 Å². The van der Waals surface area contributed by atoms with Gasteiger partial charge < -0.3 is 20.9 Å². The quantitative estimate of drug-likeness (QED) is 0.502. The van der Waals surface area contributed by atoms with Crippen LogP contribution in [0.4, 0.5) is 11.4 Å². The van der Waals surface area contributed by atoms with Gasteiger partial charge in [-0.05, 0) is 25.1 Å². The van der Waals surface area contributed by atoms with Crippen molar-refractivity contribution in [3.8, 4) is 0 Å². The van der Waals surface area contributed by atoms with Gasteiger partial charge in [0.25, 0.3) is 0 Å². The predicted molar refractivity (Wildman–Crippen MR) is 62.8 cm³/mol. The number of hydrogen-bond acceptors (Lipinski definition) is 4. The van der Waals surface area contributed by atoms with E-state index in [1.165, 1.54) is 12.1 Å². The maximum atomic E-state index is 10.7. The molecule has 16 heavy (non-hydrogen) atoms. The lowest BCUT2D eigenvalue weighted by Gasteiger charge is -2.09. The van der Waals surface area contributed by atoms with E-state index < -0.39 is 5.97 Å². The van der Waals surface area contributed by atoms with Crippen molar-refractivity contribution in [2.24, 2.45) is 0 Å². The van der Waals surface area contributed by atoms with E-state index in [9.17, 15) is 4.79 Å². The number of hydrogen-bond donors (Lipinski definition) is 3. The molecule has 0 saturated carbocycles. The molecule has 1 aromatic carbocycles. The van der Waals surface area contributed by atoms with Crippen molar-refractivity contribution in [1.29, 1.82) is 0 Å². The zero-order valence-electron chi connectivity index (χ0n) is 9.19. The zero-order chi connectivity index (χ0) is 12.0. The summed E-state index contributed by atoms with van der Waals surface area (Å²) < 4.78 is 5.15. The van der Waals surface area contributed by atoms with Gasteiger partial charge in [-0.15, -0.1) is 0 Å². The highest BCUT2D eigenvalue weighted by Gasteiger charge is 2.05. The summed E-state index contributed by atoms with van der Waals surface area (Å²) in [6.07, 6.45) is 0. The molecule has 0 unspecified atom stereocenters. The summed E-state index contributed by atoms with van der Waals surface area (Å²) in [5, 5.41) is 11.8. The predicted octanol–water partition coefficient (Wildman–Crippen LogP) is 1.42. The Labute approximate surface area is 94.2 Å². The Balaban J connectivity index is 2.63. The number of carboxylic acid groups (broad SMARTS) is 1. The van der Waals surface area contributed by atoms with E-state index >= 15 is 0 Å². The van der Waals surface area contributed by atoms with Gasteiger partial charge in [-0.1, -0.05) is 0 Å². The zero-order valence-corrected chi connectivity index (χ0v) is 9.19. The topological polar surface area (TPSA) is 84.6 Å². The van der Waals surface area contributed by atoms with Crippen LogP contribution < -0.4 is 11.1 Å². The Hall–Kier alpha value is -1.75. The van der Waals surface area contributed by atoms with E-state index in [-0.39, 0.29) is 5.56 Å². The first-order valence-electron chi connectivity index (χ1n) is 5.09. The molecule has 0 aliphatic heterocycles. The number of carbonyl (C=O) groups is 1. The summed E-state index contributed by atoms with van der Waals surface area (Å²) in [6.45, 7) is 3.74. The van der Waals surface area contributed by atoms with Gasteiger partial charge in [0.2, 0.25) is 0 Å². The molecule has 0 fully saturated rings. The van der Waals surface area contributed by atoms with E-state index in [1.807, 2.05) is 6.92 Å². The maximum absolute atomic E-state index is 10.7. The first-order chi connectivity index (χ1) is 7.65. The fourth-order valence-electron chi connectivity index (χ4n) is 1.24. The summed E-state index contributed by atoms with van der Waals surface area (Å²) >= 11 is 0. The maximum Gasteiger partial charge on any atom is 0.335 e. The number of nitrogen functional groups attached to an aromatic ring is 1. The third-order valence-corrected chi connectivity index (χ3v) is 2.07. The van der Waals surface area contributed by atoms with Crippen molar-refractivity contribution in [1.82, 2.24) is 0 Å². The van der Waals surface area contributed by atoms with Crippen LogP contribution in [0.2, 0.25) is 0 Å². The minimum Gasteiger partial charge on any atom is -0.478 e. The largest absolute Gasteiger partial charge is 0.478 e. The molecule has 0 spiro atoms. The molecule has 88 valence electrons. The Morgan fingerprint density at radius 1 is 1.56 bits per heavy atom. The molecule has 0 aromatic heterocycles. The number of anilines is 2. The Kier molecular flexibility index (Phi) is 4.60. The second-order valence-corrected chi connectivity index (χ2v) is 3.23. The summed E-state index contributed by atoms with van der Waals surface area (Å²) in [6, 6.07) is 4.57. The van der Waals surface area contributed by atoms with E-state index in [2.05, 4.69) is 5.32 Å². The van der Waals surface area contributed by atoms with Crippen molar-refractivity contribution in [2.45, 2.75) is 6.92 Å². The third kappa shape index (κ3) is 3.43. The normalized spacial score (nSPS) is 10.1. The molecule has 0 amide bonds. The molecule has 0 bridgehead atoms. The molecular formula is C11H16N2O3. The molecule has 5 heteroatoms. The van der Waals surface area contributed by atoms with Crippen LogP contribution in [-0.4, -0.2) is 30.8 Å². The Morgan fingerprint density at radius 3 is 2.94 bits per heavy atom. The van der Waals surface area contributed by atoms with Crippen molar-refractivity contribution >= 4 is 17.3 Å². The van der Waals surface area contributed by atoms with E-state index in [1.54, 1.807) is 6.07 Å². The Bertz CT molecular complexity index is 366. The van der Waals surface area contributed by atoms with Crippen molar-refractivity contribution in [2.75, 3.05) is 30.8 Å². The van der Waals surface area contributed by atoms with Crippen LogP contribution in [0.3, 0.4) is 0 Å². The summed E-state index contributed by atoms with van der Waals surface area (Å²) in [5.41, 5.74) is 7.08. The van der Waals surface area contributed by atoms with Gasteiger partial charge >= 0.3 is 5.97 Å².